The second-order valence-corrected chi connectivity index (χ2v) is 6.36. The van der Waals surface area contributed by atoms with E-state index in [0.29, 0.717) is 43.2 Å². The Balaban J connectivity index is 1.84. The predicted molar refractivity (Wildman–Crippen MR) is 79.8 cm³/mol. The molecule has 0 bridgehead atoms. The van der Waals surface area contributed by atoms with E-state index in [2.05, 4.69) is 29.0 Å². The van der Waals surface area contributed by atoms with Crippen molar-refractivity contribution in [3.8, 4) is 0 Å². The van der Waals surface area contributed by atoms with Crippen molar-refractivity contribution in [2.24, 2.45) is 0 Å². The fourth-order valence-electron chi connectivity index (χ4n) is 2.30. The van der Waals surface area contributed by atoms with Crippen molar-refractivity contribution in [2.45, 2.75) is 32.7 Å². The number of hydrogen-bond donors (Lipinski definition) is 0. The molecule has 3 rings (SSSR count). The summed E-state index contributed by atoms with van der Waals surface area (Å²) in [5.74, 6) is 1.08. The first kappa shape index (κ1) is 15.1. The summed E-state index contributed by atoms with van der Waals surface area (Å²) < 4.78 is 10.9. The summed E-state index contributed by atoms with van der Waals surface area (Å²) >= 11 is 1.51. The van der Waals surface area contributed by atoms with Crippen molar-refractivity contribution in [2.75, 3.05) is 19.8 Å². The second kappa shape index (κ2) is 6.13. The summed E-state index contributed by atoms with van der Waals surface area (Å²) in [6.07, 6.45) is 0. The molecule has 0 N–H and O–H groups in total. The minimum absolute atomic E-state index is 0.118. The molecule has 1 fully saturated rings. The molecule has 1 aliphatic rings. The van der Waals surface area contributed by atoms with Crippen LogP contribution >= 0.6 is 11.3 Å². The number of amides is 1. The number of ether oxygens (including phenoxy) is 1. The molecule has 1 aliphatic heterocycles. The third-order valence-electron chi connectivity index (χ3n) is 3.45. The van der Waals surface area contributed by atoms with Crippen LogP contribution in [0.1, 0.15) is 53.1 Å². The molecule has 0 aromatic carbocycles. The van der Waals surface area contributed by atoms with Crippen molar-refractivity contribution in [3.63, 3.8) is 0 Å². The first-order chi connectivity index (χ1) is 10.6. The van der Waals surface area contributed by atoms with Crippen molar-refractivity contribution in [1.29, 1.82) is 0 Å². The Bertz CT molecular complexity index is 667. The third-order valence-corrected chi connectivity index (χ3v) is 4.60. The number of nitrogens with zero attached hydrogens (tertiary/aromatic N) is 4. The molecule has 1 amide bonds. The van der Waals surface area contributed by atoms with Gasteiger partial charge in [0.1, 0.15) is 11.7 Å². The van der Waals surface area contributed by atoms with Crippen molar-refractivity contribution < 1.29 is 13.9 Å². The standard InChI is InChI=1S/C14H18N4O3S/c1-8(2)13-15-10(7-22-13)14(19)18-4-5-20-6-11(18)12-17-16-9(3)21-12/h7-8,11H,4-6H2,1-3H3. The van der Waals surface area contributed by atoms with Gasteiger partial charge in [-0.05, 0) is 0 Å². The maximum atomic E-state index is 12.8. The number of hydrogen-bond acceptors (Lipinski definition) is 7. The fraction of sp³-hybridized carbons (Fsp3) is 0.571. The van der Waals surface area contributed by atoms with E-state index >= 15 is 0 Å². The highest BCUT2D eigenvalue weighted by atomic mass is 32.1. The van der Waals surface area contributed by atoms with Crippen LogP contribution in [-0.2, 0) is 4.74 Å². The lowest BCUT2D eigenvalue weighted by Crippen LogP contribution is -2.43. The third kappa shape index (κ3) is 2.89. The maximum Gasteiger partial charge on any atom is 0.274 e. The van der Waals surface area contributed by atoms with Crippen molar-refractivity contribution in [1.82, 2.24) is 20.1 Å². The molecule has 0 saturated carbocycles. The topological polar surface area (TPSA) is 81.4 Å². The van der Waals surface area contributed by atoms with Crippen LogP contribution in [0.5, 0.6) is 0 Å². The lowest BCUT2D eigenvalue weighted by Gasteiger charge is -2.32. The van der Waals surface area contributed by atoms with Gasteiger partial charge in [0.05, 0.1) is 18.2 Å². The zero-order valence-corrected chi connectivity index (χ0v) is 13.6. The molecule has 3 heterocycles. The van der Waals surface area contributed by atoms with Crippen LogP contribution < -0.4 is 0 Å². The molecule has 8 heteroatoms. The van der Waals surface area contributed by atoms with Gasteiger partial charge < -0.3 is 14.1 Å². The first-order valence-corrected chi connectivity index (χ1v) is 8.08. The Morgan fingerprint density at radius 3 is 2.91 bits per heavy atom. The lowest BCUT2D eigenvalue weighted by atomic mass is 10.2. The fourth-order valence-corrected chi connectivity index (χ4v) is 3.11. The first-order valence-electron chi connectivity index (χ1n) is 7.20. The van der Waals surface area contributed by atoms with Crippen LogP contribution in [0, 0.1) is 6.92 Å². The predicted octanol–water partition coefficient (Wildman–Crippen LogP) is 2.17. The summed E-state index contributed by atoms with van der Waals surface area (Å²) in [6, 6.07) is -0.355. The largest absolute Gasteiger partial charge is 0.423 e. The summed E-state index contributed by atoms with van der Waals surface area (Å²) in [6.45, 7) is 7.18. The zero-order chi connectivity index (χ0) is 15.7. The Morgan fingerprint density at radius 1 is 1.45 bits per heavy atom. The molecule has 1 unspecified atom stereocenters. The number of rotatable bonds is 3. The number of carbonyl (C=O) groups is 1. The van der Waals surface area contributed by atoms with Crippen molar-refractivity contribution in [3.05, 3.63) is 27.9 Å². The molecule has 0 aliphatic carbocycles. The van der Waals surface area contributed by atoms with Gasteiger partial charge in [0.2, 0.25) is 11.8 Å². The second-order valence-electron chi connectivity index (χ2n) is 5.47. The van der Waals surface area contributed by atoms with Crippen LogP contribution in [0.15, 0.2) is 9.80 Å². The average molecular weight is 322 g/mol. The SMILES string of the molecule is Cc1nnc(C2COCCN2C(=O)c2csc(C(C)C)n2)o1. The monoisotopic (exact) mass is 322 g/mol. The number of aryl methyl sites for hydroxylation is 1. The summed E-state index contributed by atoms with van der Waals surface area (Å²) in [4.78, 5) is 18.9. The summed E-state index contributed by atoms with van der Waals surface area (Å²) in [7, 11) is 0. The normalized spacial score (nSPS) is 18.9. The number of carbonyl (C=O) groups excluding carboxylic acids is 1. The number of aromatic nitrogens is 3. The van der Waals surface area contributed by atoms with Crippen LogP contribution in [0.2, 0.25) is 0 Å². The van der Waals surface area contributed by atoms with Gasteiger partial charge in [0, 0.05) is 24.8 Å². The van der Waals surface area contributed by atoms with E-state index < -0.39 is 0 Å². The van der Waals surface area contributed by atoms with Gasteiger partial charge in [-0.1, -0.05) is 13.8 Å². The van der Waals surface area contributed by atoms with E-state index in [9.17, 15) is 4.79 Å². The lowest BCUT2D eigenvalue weighted by molar-refractivity contribution is -0.0109. The maximum absolute atomic E-state index is 12.8. The van der Waals surface area contributed by atoms with Gasteiger partial charge in [-0.25, -0.2) is 4.98 Å². The Hall–Kier alpha value is -1.80. The molecule has 1 saturated heterocycles. The van der Waals surface area contributed by atoms with E-state index in [1.165, 1.54) is 11.3 Å². The Morgan fingerprint density at radius 2 is 2.27 bits per heavy atom. The van der Waals surface area contributed by atoms with Crippen LogP contribution in [0.3, 0.4) is 0 Å². The average Bonchev–Trinajstić information content (AvgIpc) is 3.15. The van der Waals surface area contributed by atoms with Crippen molar-refractivity contribution >= 4 is 17.2 Å². The van der Waals surface area contributed by atoms with Gasteiger partial charge in [-0.3, -0.25) is 4.79 Å². The molecule has 0 radical (unpaired) electrons. The highest BCUT2D eigenvalue weighted by Gasteiger charge is 2.34. The van der Waals surface area contributed by atoms with Crippen LogP contribution in [0.4, 0.5) is 0 Å². The van der Waals surface area contributed by atoms with Gasteiger partial charge >= 0.3 is 0 Å². The zero-order valence-electron chi connectivity index (χ0n) is 12.8. The van der Waals surface area contributed by atoms with Crippen LogP contribution in [-0.4, -0.2) is 45.7 Å². The molecule has 0 spiro atoms. The minimum atomic E-state index is -0.355. The quantitative estimate of drug-likeness (QED) is 0.861. The molecular formula is C14H18N4O3S. The van der Waals surface area contributed by atoms with Gasteiger partial charge in [0.25, 0.3) is 5.91 Å². The van der Waals surface area contributed by atoms with Gasteiger partial charge in [-0.15, -0.1) is 21.5 Å². The minimum Gasteiger partial charge on any atom is -0.423 e. The molecule has 118 valence electrons. The number of thiazole rings is 1. The van der Waals surface area contributed by atoms with E-state index in [4.69, 9.17) is 9.15 Å². The Labute approximate surface area is 132 Å². The molecule has 1 atom stereocenters. The van der Waals surface area contributed by atoms with E-state index in [1.807, 2.05) is 5.38 Å². The molecule has 7 nitrogen and oxygen atoms in total. The summed E-state index contributed by atoms with van der Waals surface area (Å²) in [5.41, 5.74) is 0.469. The van der Waals surface area contributed by atoms with Gasteiger partial charge in [0.15, 0.2) is 0 Å². The van der Waals surface area contributed by atoms with Crippen LogP contribution in [0.25, 0.3) is 0 Å². The Kier molecular flexibility index (Phi) is 4.21. The highest BCUT2D eigenvalue weighted by Crippen LogP contribution is 2.26. The van der Waals surface area contributed by atoms with E-state index in [1.54, 1.807) is 11.8 Å². The molecule has 2 aromatic heterocycles. The van der Waals surface area contributed by atoms with E-state index in [0.717, 1.165) is 5.01 Å². The van der Waals surface area contributed by atoms with Gasteiger partial charge in [-0.2, -0.15) is 0 Å². The smallest absolute Gasteiger partial charge is 0.274 e. The highest BCUT2D eigenvalue weighted by molar-refractivity contribution is 7.09. The molecule has 22 heavy (non-hydrogen) atoms. The number of morpholine rings is 1. The summed E-state index contributed by atoms with van der Waals surface area (Å²) in [5, 5.41) is 10.6. The van der Waals surface area contributed by atoms with E-state index in [-0.39, 0.29) is 11.9 Å². The molecule has 2 aromatic rings. The molecular weight excluding hydrogens is 304 g/mol.